The number of nitro benzene ring substituents is 1. The summed E-state index contributed by atoms with van der Waals surface area (Å²) >= 11 is 0. The van der Waals surface area contributed by atoms with E-state index in [4.69, 9.17) is 23.7 Å². The Balaban J connectivity index is 3.78. The van der Waals surface area contributed by atoms with Crippen LogP contribution in [0.1, 0.15) is 109 Å². The topological polar surface area (TPSA) is 184 Å². The molecular formula is C41H68N4O12. The van der Waals surface area contributed by atoms with E-state index in [-0.39, 0.29) is 64.5 Å². The Morgan fingerprint density at radius 3 is 1.14 bits per heavy atom. The lowest BCUT2D eigenvalue weighted by Gasteiger charge is -2.36. The smallest absolute Gasteiger partial charge is 0.320 e. The number of non-ortho nitro benzene ring substituents is 1. The molecule has 1 rings (SSSR count). The van der Waals surface area contributed by atoms with Crippen molar-refractivity contribution in [2.24, 2.45) is 0 Å². The van der Waals surface area contributed by atoms with Gasteiger partial charge in [-0.1, -0.05) is 12.1 Å². The van der Waals surface area contributed by atoms with Crippen molar-refractivity contribution in [1.29, 1.82) is 0 Å². The van der Waals surface area contributed by atoms with Crippen molar-refractivity contribution in [1.82, 2.24) is 14.7 Å². The van der Waals surface area contributed by atoms with Crippen LogP contribution in [0.2, 0.25) is 0 Å². The summed E-state index contributed by atoms with van der Waals surface area (Å²) < 4.78 is 28.1. The Morgan fingerprint density at radius 2 is 0.825 bits per heavy atom. The summed E-state index contributed by atoms with van der Waals surface area (Å²) in [6.07, 6.45) is 0.175. The van der Waals surface area contributed by atoms with Crippen LogP contribution in [-0.4, -0.2) is 136 Å². The van der Waals surface area contributed by atoms with Crippen LogP contribution >= 0.6 is 0 Å². The van der Waals surface area contributed by atoms with E-state index < -0.39 is 68.8 Å². The molecule has 0 aliphatic rings. The number of nitro groups is 1. The number of ether oxygens (including phenoxy) is 5. The highest BCUT2D eigenvalue weighted by Crippen LogP contribution is 2.19. The summed E-state index contributed by atoms with van der Waals surface area (Å²) in [5.74, 6) is -2.92. The maximum atomic E-state index is 13.4. The van der Waals surface area contributed by atoms with E-state index in [0.29, 0.717) is 5.56 Å². The Hall–Kier alpha value is -4.15. The highest BCUT2D eigenvalue weighted by Gasteiger charge is 2.32. The van der Waals surface area contributed by atoms with Crippen LogP contribution in [0, 0.1) is 10.1 Å². The number of hydrogen-bond acceptors (Lipinski definition) is 15. The molecule has 0 aromatic heterocycles. The predicted octanol–water partition coefficient (Wildman–Crippen LogP) is 5.12. The SMILES string of the molecule is CC(C)(C)OC(=O)CN(CCN(CC(=O)OC(C)(C)C)CC(Cc1ccc([N+](=O)[O-])cc1)N(CC(=O)OC(C)(C)C)CC(=O)OC(C)(C)C)CC(=O)OC(C)(C)C. The quantitative estimate of drug-likeness (QED) is 0.0776. The third-order valence-corrected chi connectivity index (χ3v) is 7.16. The lowest BCUT2D eigenvalue weighted by molar-refractivity contribution is -0.384. The minimum atomic E-state index is -0.836. The molecule has 0 radical (unpaired) electrons. The van der Waals surface area contributed by atoms with Crippen LogP contribution < -0.4 is 0 Å². The normalized spacial score (nSPS) is 13.3. The molecule has 0 N–H and O–H groups in total. The number of hydrogen-bond donors (Lipinski definition) is 0. The highest BCUT2D eigenvalue weighted by molar-refractivity contribution is 5.76. The van der Waals surface area contributed by atoms with E-state index in [0.717, 1.165) is 0 Å². The standard InChI is InChI=1S/C41H68N4O12/c1-37(2,3)53-32(46)24-42(20-21-43(25-33(47)54-38(4,5)6)26-34(48)55-39(7,8)9)23-31(22-29-16-18-30(19-17-29)45(51)52)44(27-35(49)56-40(10,11)12)28-36(50)57-41(13,14)15/h16-19,31H,20-28H2,1-15H3. The number of carbonyl (C=O) groups excluding carboxylic acids is 5. The van der Waals surface area contributed by atoms with Crippen LogP contribution in [0.4, 0.5) is 5.69 Å². The largest absolute Gasteiger partial charge is 0.459 e. The average Bonchev–Trinajstić information content (AvgIpc) is 2.94. The molecule has 1 atom stereocenters. The Kier molecular flexibility index (Phi) is 18.8. The molecule has 16 nitrogen and oxygen atoms in total. The number of rotatable bonds is 19. The molecule has 0 spiro atoms. The van der Waals surface area contributed by atoms with Gasteiger partial charge < -0.3 is 23.7 Å². The molecule has 324 valence electrons. The van der Waals surface area contributed by atoms with Gasteiger partial charge in [-0.15, -0.1) is 0 Å². The van der Waals surface area contributed by atoms with Gasteiger partial charge in [0.05, 0.1) is 37.6 Å². The monoisotopic (exact) mass is 808 g/mol. The fourth-order valence-corrected chi connectivity index (χ4v) is 5.43. The fraction of sp³-hybridized carbons (Fsp3) is 0.732. The first-order valence-corrected chi connectivity index (χ1v) is 19.2. The van der Waals surface area contributed by atoms with Crippen molar-refractivity contribution in [3.63, 3.8) is 0 Å². The van der Waals surface area contributed by atoms with E-state index in [1.54, 1.807) is 131 Å². The van der Waals surface area contributed by atoms with E-state index in [1.807, 2.05) is 0 Å². The van der Waals surface area contributed by atoms with E-state index in [9.17, 15) is 34.1 Å². The molecule has 57 heavy (non-hydrogen) atoms. The van der Waals surface area contributed by atoms with E-state index in [1.165, 1.54) is 12.1 Å². The Bertz CT molecular complexity index is 1450. The van der Waals surface area contributed by atoms with Crippen molar-refractivity contribution >= 4 is 35.5 Å². The van der Waals surface area contributed by atoms with Gasteiger partial charge in [-0.25, -0.2) is 0 Å². The summed E-state index contributed by atoms with van der Waals surface area (Å²) in [7, 11) is 0. The van der Waals surface area contributed by atoms with Gasteiger partial charge in [0.2, 0.25) is 0 Å². The zero-order valence-electron chi connectivity index (χ0n) is 36.9. The summed E-state index contributed by atoms with van der Waals surface area (Å²) in [6, 6.07) is 5.21. The molecule has 0 heterocycles. The summed E-state index contributed by atoms with van der Waals surface area (Å²) in [5, 5.41) is 11.4. The molecule has 1 unspecified atom stereocenters. The maximum Gasteiger partial charge on any atom is 0.320 e. The lowest BCUT2D eigenvalue weighted by Crippen LogP contribution is -2.52. The van der Waals surface area contributed by atoms with Crippen LogP contribution in [-0.2, 0) is 54.1 Å². The molecule has 0 saturated carbocycles. The minimum Gasteiger partial charge on any atom is -0.459 e. The first kappa shape index (κ1) is 50.9. The predicted molar refractivity (Wildman–Crippen MR) is 214 cm³/mol. The summed E-state index contributed by atoms with van der Waals surface area (Å²) in [5.41, 5.74) is -3.52. The van der Waals surface area contributed by atoms with Gasteiger partial charge in [0, 0.05) is 37.8 Å². The van der Waals surface area contributed by atoms with Crippen molar-refractivity contribution in [2.45, 2.75) is 144 Å². The zero-order chi connectivity index (χ0) is 44.2. The molecule has 0 fully saturated rings. The lowest BCUT2D eigenvalue weighted by atomic mass is 10.0. The molecule has 0 amide bonds. The average molecular weight is 809 g/mol. The molecule has 1 aromatic carbocycles. The van der Waals surface area contributed by atoms with E-state index in [2.05, 4.69) is 0 Å². The summed E-state index contributed by atoms with van der Waals surface area (Å²) in [6.45, 7) is 24.8. The van der Waals surface area contributed by atoms with Crippen LogP contribution in [0.25, 0.3) is 0 Å². The minimum absolute atomic E-state index is 0.0501. The molecular weight excluding hydrogens is 740 g/mol. The van der Waals surface area contributed by atoms with Gasteiger partial charge in [-0.3, -0.25) is 48.8 Å². The molecule has 16 heteroatoms. The first-order valence-electron chi connectivity index (χ1n) is 19.2. The first-order chi connectivity index (χ1) is 25.7. The van der Waals surface area contributed by atoms with Crippen molar-refractivity contribution in [3.05, 3.63) is 39.9 Å². The van der Waals surface area contributed by atoms with Gasteiger partial charge in [-0.05, 0) is 116 Å². The Morgan fingerprint density at radius 1 is 0.526 bits per heavy atom. The van der Waals surface area contributed by atoms with Crippen LogP contribution in [0.3, 0.4) is 0 Å². The van der Waals surface area contributed by atoms with Crippen molar-refractivity contribution < 1.29 is 52.6 Å². The maximum absolute atomic E-state index is 13.4. The molecule has 1 aromatic rings. The number of carbonyl (C=O) groups is 5. The number of nitrogens with zero attached hydrogens (tertiary/aromatic N) is 4. The highest BCUT2D eigenvalue weighted by atomic mass is 16.6. The second-order valence-corrected chi connectivity index (χ2v) is 19.1. The van der Waals surface area contributed by atoms with Gasteiger partial charge in [0.15, 0.2) is 0 Å². The van der Waals surface area contributed by atoms with Gasteiger partial charge >= 0.3 is 29.8 Å². The van der Waals surface area contributed by atoms with Crippen molar-refractivity contribution in [3.8, 4) is 0 Å². The van der Waals surface area contributed by atoms with Crippen LogP contribution in [0.15, 0.2) is 24.3 Å². The fourth-order valence-electron chi connectivity index (χ4n) is 5.43. The molecule has 0 aliphatic heterocycles. The number of benzene rings is 1. The third-order valence-electron chi connectivity index (χ3n) is 7.16. The van der Waals surface area contributed by atoms with Gasteiger partial charge in [0.25, 0.3) is 5.69 Å². The molecule has 0 saturated heterocycles. The third kappa shape index (κ3) is 25.0. The summed E-state index contributed by atoms with van der Waals surface area (Å²) in [4.78, 5) is 82.0. The second kappa shape index (κ2) is 21.0. The molecule has 0 bridgehead atoms. The van der Waals surface area contributed by atoms with Gasteiger partial charge in [0.1, 0.15) is 28.0 Å². The van der Waals surface area contributed by atoms with Crippen molar-refractivity contribution in [2.75, 3.05) is 52.4 Å². The van der Waals surface area contributed by atoms with Crippen LogP contribution in [0.5, 0.6) is 0 Å². The number of esters is 5. The molecule has 0 aliphatic carbocycles. The van der Waals surface area contributed by atoms with Gasteiger partial charge in [-0.2, -0.15) is 0 Å². The zero-order valence-corrected chi connectivity index (χ0v) is 36.9. The Labute approximate surface area is 339 Å². The second-order valence-electron chi connectivity index (χ2n) is 19.1. The van der Waals surface area contributed by atoms with E-state index >= 15 is 0 Å².